The molecule has 2 aromatic carbocycles. The number of aliphatic hydroxyl groups excluding tert-OH is 1. The minimum Gasteiger partial charge on any atom is -0.374 e. The number of nitrogens with zero attached hydrogens (tertiary/aromatic N) is 3. The first-order valence-electron chi connectivity index (χ1n) is 15.5. The normalized spacial score (nSPS) is 36.4. The molecule has 4 saturated heterocycles. The van der Waals surface area contributed by atoms with Gasteiger partial charge < -0.3 is 30.3 Å². The molecule has 0 unspecified atom stereocenters. The molecular formula is C33H37N5O6. The fourth-order valence-corrected chi connectivity index (χ4v) is 8.67. The Morgan fingerprint density at radius 2 is 1.93 bits per heavy atom. The molecule has 44 heavy (non-hydrogen) atoms. The van der Waals surface area contributed by atoms with Crippen molar-refractivity contribution in [1.82, 2.24) is 25.0 Å². The average Bonchev–Trinajstić information content (AvgIpc) is 3.66. The molecule has 4 fully saturated rings. The van der Waals surface area contributed by atoms with Crippen molar-refractivity contribution in [3.8, 4) is 0 Å². The zero-order chi connectivity index (χ0) is 30.5. The van der Waals surface area contributed by atoms with Gasteiger partial charge in [-0.05, 0) is 62.4 Å². The fourth-order valence-electron chi connectivity index (χ4n) is 8.67. The number of piperidine rings is 1. The Kier molecular flexibility index (Phi) is 6.06. The molecule has 3 amide bonds. The largest absolute Gasteiger partial charge is 0.374 e. The van der Waals surface area contributed by atoms with E-state index in [2.05, 4.69) is 33.5 Å². The van der Waals surface area contributed by atoms with E-state index in [1.807, 2.05) is 43.4 Å². The van der Waals surface area contributed by atoms with Crippen LogP contribution in [0.5, 0.6) is 0 Å². The van der Waals surface area contributed by atoms with E-state index in [0.29, 0.717) is 13.0 Å². The molecule has 11 heteroatoms. The van der Waals surface area contributed by atoms with Crippen molar-refractivity contribution in [2.75, 3.05) is 13.6 Å². The highest BCUT2D eigenvalue weighted by molar-refractivity contribution is 5.97. The number of hydrogen-bond donors (Lipinski definition) is 4. The van der Waals surface area contributed by atoms with Gasteiger partial charge in [-0.2, -0.15) is 0 Å². The summed E-state index contributed by atoms with van der Waals surface area (Å²) in [5.41, 5.74) is 2.50. The van der Waals surface area contributed by atoms with Crippen LogP contribution in [0.4, 0.5) is 0 Å². The first-order chi connectivity index (χ1) is 21.1. The second-order valence-electron chi connectivity index (χ2n) is 13.3. The van der Waals surface area contributed by atoms with Crippen LogP contribution in [0.3, 0.4) is 0 Å². The first kappa shape index (κ1) is 27.8. The van der Waals surface area contributed by atoms with Gasteiger partial charge >= 0.3 is 0 Å². The molecule has 8 atom stereocenters. The van der Waals surface area contributed by atoms with E-state index in [0.717, 1.165) is 22.4 Å². The number of benzene rings is 2. The molecule has 1 aliphatic carbocycles. The minimum atomic E-state index is -2.21. The molecule has 230 valence electrons. The van der Waals surface area contributed by atoms with Gasteiger partial charge in [0.15, 0.2) is 0 Å². The highest BCUT2D eigenvalue weighted by Crippen LogP contribution is 2.48. The van der Waals surface area contributed by atoms with Crippen molar-refractivity contribution in [3.63, 3.8) is 0 Å². The molecule has 8 rings (SSSR count). The van der Waals surface area contributed by atoms with E-state index in [1.165, 1.54) is 28.3 Å². The number of ether oxygens (including phenoxy) is 1. The SMILES string of the molecule is CN1C[C@H](C(=O)N[C@]2(C)O[C@@]3(O)[C@@H]4CC[C@@H](O)N4C(=O)[C@H](Cc4ccccc4)N3C2=O)C[C@H]2c3cccc4[nH]cc(c34)C[C@H]21. The Labute approximate surface area is 254 Å². The molecule has 0 saturated carbocycles. The first-order valence-corrected chi connectivity index (χ1v) is 15.5. The van der Waals surface area contributed by atoms with E-state index in [-0.39, 0.29) is 37.1 Å². The van der Waals surface area contributed by atoms with Gasteiger partial charge in [-0.3, -0.25) is 24.0 Å². The van der Waals surface area contributed by atoms with E-state index in [9.17, 15) is 24.6 Å². The Bertz CT molecular complexity index is 1680. The van der Waals surface area contributed by atoms with Crippen molar-refractivity contribution >= 4 is 28.6 Å². The zero-order valence-electron chi connectivity index (χ0n) is 24.8. The number of rotatable bonds is 4. The lowest BCUT2D eigenvalue weighted by atomic mass is 9.72. The van der Waals surface area contributed by atoms with Crippen LogP contribution in [0.15, 0.2) is 54.7 Å². The lowest BCUT2D eigenvalue weighted by Crippen LogP contribution is -2.72. The van der Waals surface area contributed by atoms with Gasteiger partial charge in [0.2, 0.25) is 17.5 Å². The number of piperazine rings is 1. The monoisotopic (exact) mass is 599 g/mol. The number of H-pyrrole nitrogens is 1. The number of carbonyl (C=O) groups excluding carboxylic acids is 3. The van der Waals surface area contributed by atoms with Crippen LogP contribution >= 0.6 is 0 Å². The summed E-state index contributed by atoms with van der Waals surface area (Å²) in [7, 11) is 2.04. The van der Waals surface area contributed by atoms with Crippen LogP contribution in [0.25, 0.3) is 10.9 Å². The summed E-state index contributed by atoms with van der Waals surface area (Å²) in [6, 6.07) is 13.7. The molecule has 4 aliphatic heterocycles. The van der Waals surface area contributed by atoms with Gasteiger partial charge in [-0.25, -0.2) is 0 Å². The lowest BCUT2D eigenvalue weighted by Gasteiger charge is -2.49. The van der Waals surface area contributed by atoms with Crippen molar-refractivity contribution in [2.24, 2.45) is 5.92 Å². The molecule has 5 heterocycles. The van der Waals surface area contributed by atoms with Crippen LogP contribution < -0.4 is 5.32 Å². The van der Waals surface area contributed by atoms with E-state index in [1.54, 1.807) is 0 Å². The topological polar surface area (TPSA) is 138 Å². The van der Waals surface area contributed by atoms with Crippen LogP contribution in [0.1, 0.15) is 48.8 Å². The highest BCUT2D eigenvalue weighted by atomic mass is 16.7. The van der Waals surface area contributed by atoms with Crippen LogP contribution in [-0.4, -0.2) is 97.2 Å². The van der Waals surface area contributed by atoms with Crippen molar-refractivity contribution in [2.45, 2.75) is 80.9 Å². The van der Waals surface area contributed by atoms with E-state index >= 15 is 0 Å². The smallest absolute Gasteiger partial charge is 0.280 e. The number of likely N-dealkylation sites (N-methyl/N-ethyl adjacent to an activating group) is 1. The molecule has 4 N–H and O–H groups in total. The summed E-state index contributed by atoms with van der Waals surface area (Å²) in [5.74, 6) is -3.95. The van der Waals surface area contributed by atoms with Gasteiger partial charge in [0.1, 0.15) is 18.3 Å². The number of carbonyl (C=O) groups is 3. The second kappa shape index (κ2) is 9.61. The number of likely N-dealkylation sites (tertiary alicyclic amines) is 1. The Balaban J connectivity index is 1.08. The predicted molar refractivity (Wildman–Crippen MR) is 159 cm³/mol. The van der Waals surface area contributed by atoms with Gasteiger partial charge in [0, 0.05) is 42.0 Å². The number of hydrogen-bond acceptors (Lipinski definition) is 7. The summed E-state index contributed by atoms with van der Waals surface area (Å²) in [6.07, 6.45) is 3.12. The lowest BCUT2D eigenvalue weighted by molar-refractivity contribution is -0.319. The Morgan fingerprint density at radius 3 is 2.73 bits per heavy atom. The molecule has 1 aromatic heterocycles. The van der Waals surface area contributed by atoms with Gasteiger partial charge in [0.25, 0.3) is 11.8 Å². The van der Waals surface area contributed by atoms with Crippen LogP contribution in [0.2, 0.25) is 0 Å². The second-order valence-corrected chi connectivity index (χ2v) is 13.3. The quantitative estimate of drug-likeness (QED) is 0.356. The van der Waals surface area contributed by atoms with Crippen molar-refractivity contribution in [3.05, 3.63) is 71.4 Å². The standard InChI is InChI=1S/C33H37N5O6/c1-32(35-29(40)20-14-22-21-9-6-10-23-28(21)19(16-34-23)15-24(22)36(2)17-20)31(42)38-25(13-18-7-4-3-5-8-18)30(41)37-26(11-12-27(37)39)33(38,43)44-32/h3-10,16,20,22,24-27,34,39,43H,11-15,17H2,1-2H3,(H,35,40)/t20-,22+,24-,25+,26+,27-,32-,33+/m1/s1. The maximum absolute atomic E-state index is 14.2. The highest BCUT2D eigenvalue weighted by Gasteiger charge is 2.71. The summed E-state index contributed by atoms with van der Waals surface area (Å²) in [5, 5.41) is 26.9. The number of amides is 3. The van der Waals surface area contributed by atoms with Crippen molar-refractivity contribution in [1.29, 1.82) is 0 Å². The maximum Gasteiger partial charge on any atom is 0.280 e. The number of aromatic nitrogens is 1. The fraction of sp³-hybridized carbons (Fsp3) is 0.485. The third-order valence-electron chi connectivity index (χ3n) is 10.7. The third kappa shape index (κ3) is 3.86. The van der Waals surface area contributed by atoms with Crippen LogP contribution in [-0.2, 0) is 32.0 Å². The average molecular weight is 600 g/mol. The number of aliphatic hydroxyl groups is 2. The third-order valence-corrected chi connectivity index (χ3v) is 10.7. The van der Waals surface area contributed by atoms with E-state index in [4.69, 9.17) is 4.74 Å². The summed E-state index contributed by atoms with van der Waals surface area (Å²) in [4.78, 5) is 49.9. The summed E-state index contributed by atoms with van der Waals surface area (Å²) >= 11 is 0. The predicted octanol–water partition coefficient (Wildman–Crippen LogP) is 1.40. The maximum atomic E-state index is 14.2. The molecule has 0 spiro atoms. The molecule has 11 nitrogen and oxygen atoms in total. The molecule has 3 aromatic rings. The number of aromatic amines is 1. The van der Waals surface area contributed by atoms with Gasteiger partial charge in [-0.1, -0.05) is 42.5 Å². The molecular weight excluding hydrogens is 562 g/mol. The Morgan fingerprint density at radius 1 is 1.14 bits per heavy atom. The molecule has 0 bridgehead atoms. The minimum absolute atomic E-state index is 0.125. The van der Waals surface area contributed by atoms with Crippen molar-refractivity contribution < 1.29 is 29.3 Å². The number of fused-ring (bicyclic) bond motifs is 5. The van der Waals surface area contributed by atoms with E-state index < -0.39 is 47.7 Å². The Hall–Kier alpha value is -3.77. The number of nitrogens with one attached hydrogen (secondary N) is 2. The zero-order valence-corrected chi connectivity index (χ0v) is 24.8. The summed E-state index contributed by atoms with van der Waals surface area (Å²) < 4.78 is 6.19. The summed E-state index contributed by atoms with van der Waals surface area (Å²) in [6.45, 7) is 1.96. The molecule has 0 radical (unpaired) electrons. The van der Waals surface area contributed by atoms with Gasteiger partial charge in [0.05, 0.1) is 5.92 Å². The molecule has 5 aliphatic rings. The van der Waals surface area contributed by atoms with Gasteiger partial charge in [-0.15, -0.1) is 0 Å². The van der Waals surface area contributed by atoms with Crippen LogP contribution in [0, 0.1) is 5.92 Å².